The third-order valence-corrected chi connectivity index (χ3v) is 4.33. The Bertz CT molecular complexity index is 1090. The fourth-order valence-corrected chi connectivity index (χ4v) is 2.89. The number of aliphatic hydroxyl groups is 1. The number of rotatable bonds is 3. The largest absolute Gasteiger partial charge is 0.507 e. The number of nitrogens with zero attached hydrogens (tertiary/aromatic N) is 2. The van der Waals surface area contributed by atoms with E-state index >= 15 is 0 Å². The molecule has 0 amide bonds. The van der Waals surface area contributed by atoms with Crippen molar-refractivity contribution in [3.8, 4) is 11.4 Å². The highest BCUT2D eigenvalue weighted by Crippen LogP contribution is 2.25. The Morgan fingerprint density at radius 3 is 2.27 bits per heavy atom. The van der Waals surface area contributed by atoms with Gasteiger partial charge in [-0.15, -0.1) is 0 Å². The van der Waals surface area contributed by atoms with Crippen molar-refractivity contribution in [1.82, 2.24) is 9.97 Å². The van der Waals surface area contributed by atoms with E-state index in [9.17, 15) is 5.11 Å². The van der Waals surface area contributed by atoms with Crippen LogP contribution in [0, 0.1) is 0 Å². The van der Waals surface area contributed by atoms with E-state index in [0.29, 0.717) is 22.1 Å². The van der Waals surface area contributed by atoms with Crippen LogP contribution in [0.15, 0.2) is 78.9 Å². The molecule has 4 aromatic rings. The molecule has 0 saturated carbocycles. The van der Waals surface area contributed by atoms with Crippen molar-refractivity contribution in [2.45, 2.75) is 0 Å². The van der Waals surface area contributed by atoms with E-state index in [0.717, 1.165) is 16.5 Å². The summed E-state index contributed by atoms with van der Waals surface area (Å²) in [4.78, 5) is 9.34. The van der Waals surface area contributed by atoms with Gasteiger partial charge in [0, 0.05) is 27.6 Å². The highest BCUT2D eigenvalue weighted by atomic mass is 35.5. The third kappa shape index (κ3) is 3.30. The fourth-order valence-electron chi connectivity index (χ4n) is 2.76. The zero-order valence-electron chi connectivity index (χ0n) is 13.8. The molecule has 0 aliphatic carbocycles. The van der Waals surface area contributed by atoms with Gasteiger partial charge in [0.1, 0.15) is 5.76 Å². The number of benzene rings is 3. The van der Waals surface area contributed by atoms with Gasteiger partial charge >= 0.3 is 0 Å². The van der Waals surface area contributed by atoms with Gasteiger partial charge < -0.3 is 5.11 Å². The lowest BCUT2D eigenvalue weighted by Crippen LogP contribution is -1.95. The molecule has 0 bridgehead atoms. The molecule has 0 aliphatic rings. The van der Waals surface area contributed by atoms with E-state index in [4.69, 9.17) is 11.6 Å². The minimum atomic E-state index is 0.129. The first-order chi connectivity index (χ1) is 12.7. The van der Waals surface area contributed by atoms with Gasteiger partial charge in [-0.2, -0.15) is 0 Å². The van der Waals surface area contributed by atoms with Crippen LogP contribution in [0.1, 0.15) is 11.3 Å². The Morgan fingerprint density at radius 2 is 1.50 bits per heavy atom. The molecule has 1 N–H and O–H groups in total. The molecule has 3 aromatic carbocycles. The molecule has 0 radical (unpaired) electrons. The average molecular weight is 359 g/mol. The standard InChI is InChI=1S/C22H15ClN2O/c23-17-12-10-15(11-13-17)21(26)14-20-18-8-4-5-9-19(18)24-22(25-20)16-6-2-1-3-7-16/h1-14,26H/b21-14+. The van der Waals surface area contributed by atoms with Crippen molar-refractivity contribution in [2.75, 3.05) is 0 Å². The van der Waals surface area contributed by atoms with Crippen molar-refractivity contribution in [3.63, 3.8) is 0 Å². The van der Waals surface area contributed by atoms with Gasteiger partial charge in [0.25, 0.3) is 0 Å². The summed E-state index contributed by atoms with van der Waals surface area (Å²) in [5.74, 6) is 0.754. The Morgan fingerprint density at radius 1 is 0.808 bits per heavy atom. The van der Waals surface area contributed by atoms with Crippen molar-refractivity contribution < 1.29 is 5.11 Å². The normalized spacial score (nSPS) is 11.7. The summed E-state index contributed by atoms with van der Waals surface area (Å²) in [5.41, 5.74) is 3.11. The number of halogens is 1. The summed E-state index contributed by atoms with van der Waals surface area (Å²) >= 11 is 5.92. The molecule has 0 atom stereocenters. The topological polar surface area (TPSA) is 46.0 Å². The number of para-hydroxylation sites is 1. The molecule has 0 fully saturated rings. The predicted octanol–water partition coefficient (Wildman–Crippen LogP) is 6.01. The van der Waals surface area contributed by atoms with Crippen LogP contribution in [-0.4, -0.2) is 15.1 Å². The fraction of sp³-hybridized carbons (Fsp3) is 0. The maximum Gasteiger partial charge on any atom is 0.160 e. The molecule has 4 heteroatoms. The van der Waals surface area contributed by atoms with Crippen LogP contribution < -0.4 is 0 Å². The number of aliphatic hydroxyl groups excluding tert-OH is 1. The minimum Gasteiger partial charge on any atom is -0.507 e. The minimum absolute atomic E-state index is 0.129. The van der Waals surface area contributed by atoms with Crippen LogP contribution in [0.2, 0.25) is 5.02 Å². The maximum absolute atomic E-state index is 10.5. The molecule has 0 aliphatic heterocycles. The van der Waals surface area contributed by atoms with Crippen molar-refractivity contribution in [2.24, 2.45) is 0 Å². The van der Waals surface area contributed by atoms with Crippen molar-refractivity contribution in [3.05, 3.63) is 95.1 Å². The van der Waals surface area contributed by atoms with E-state index in [1.807, 2.05) is 54.6 Å². The van der Waals surface area contributed by atoms with E-state index in [1.165, 1.54) is 0 Å². The molecule has 0 spiro atoms. The Kier molecular flexibility index (Phi) is 4.38. The van der Waals surface area contributed by atoms with Gasteiger partial charge in [0.15, 0.2) is 5.82 Å². The second-order valence-electron chi connectivity index (χ2n) is 5.85. The first kappa shape index (κ1) is 16.3. The van der Waals surface area contributed by atoms with E-state index in [1.54, 1.807) is 30.3 Å². The highest BCUT2D eigenvalue weighted by molar-refractivity contribution is 6.30. The Labute approximate surface area is 156 Å². The number of fused-ring (bicyclic) bond motifs is 1. The highest BCUT2D eigenvalue weighted by Gasteiger charge is 2.09. The second-order valence-corrected chi connectivity index (χ2v) is 6.29. The summed E-state index contributed by atoms with van der Waals surface area (Å²) in [6.07, 6.45) is 1.67. The lowest BCUT2D eigenvalue weighted by atomic mass is 10.1. The van der Waals surface area contributed by atoms with Gasteiger partial charge in [-0.05, 0) is 30.3 Å². The molecule has 0 saturated heterocycles. The first-order valence-electron chi connectivity index (χ1n) is 8.19. The summed E-state index contributed by atoms with van der Waals surface area (Å²) < 4.78 is 0. The zero-order valence-corrected chi connectivity index (χ0v) is 14.6. The van der Waals surface area contributed by atoms with Crippen LogP contribution >= 0.6 is 11.6 Å². The van der Waals surface area contributed by atoms with Gasteiger partial charge in [-0.25, -0.2) is 9.97 Å². The van der Waals surface area contributed by atoms with Gasteiger partial charge in [0.2, 0.25) is 0 Å². The molecule has 1 heterocycles. The average Bonchev–Trinajstić information content (AvgIpc) is 2.69. The van der Waals surface area contributed by atoms with Crippen LogP contribution in [0.3, 0.4) is 0 Å². The van der Waals surface area contributed by atoms with E-state index < -0.39 is 0 Å². The van der Waals surface area contributed by atoms with Crippen LogP contribution in [-0.2, 0) is 0 Å². The molecule has 4 rings (SSSR count). The van der Waals surface area contributed by atoms with Gasteiger partial charge in [-0.1, -0.05) is 60.1 Å². The van der Waals surface area contributed by atoms with Gasteiger partial charge in [-0.3, -0.25) is 0 Å². The van der Waals surface area contributed by atoms with E-state index in [2.05, 4.69) is 9.97 Å². The lowest BCUT2D eigenvalue weighted by molar-refractivity contribution is 0.515. The molecular formula is C22H15ClN2O. The summed E-state index contributed by atoms with van der Waals surface area (Å²) in [5, 5.41) is 12.1. The molecule has 1 aromatic heterocycles. The summed E-state index contributed by atoms with van der Waals surface area (Å²) in [6, 6.07) is 24.6. The van der Waals surface area contributed by atoms with E-state index in [-0.39, 0.29) is 5.76 Å². The molecular weight excluding hydrogens is 344 g/mol. The summed E-state index contributed by atoms with van der Waals surface area (Å²) in [6.45, 7) is 0. The zero-order chi connectivity index (χ0) is 17.9. The summed E-state index contributed by atoms with van der Waals surface area (Å²) in [7, 11) is 0. The molecule has 3 nitrogen and oxygen atoms in total. The SMILES string of the molecule is O/C(=C/c1nc(-c2ccccc2)nc2ccccc12)c1ccc(Cl)cc1. The van der Waals surface area contributed by atoms with Crippen LogP contribution in [0.5, 0.6) is 0 Å². The Hall–Kier alpha value is -3.17. The smallest absolute Gasteiger partial charge is 0.160 e. The molecule has 0 unspecified atom stereocenters. The van der Waals surface area contributed by atoms with Crippen LogP contribution in [0.4, 0.5) is 0 Å². The third-order valence-electron chi connectivity index (χ3n) is 4.08. The van der Waals surface area contributed by atoms with Crippen molar-refractivity contribution >= 4 is 34.3 Å². The molecule has 26 heavy (non-hydrogen) atoms. The maximum atomic E-state index is 10.5. The van der Waals surface area contributed by atoms with Crippen LogP contribution in [0.25, 0.3) is 34.1 Å². The first-order valence-corrected chi connectivity index (χ1v) is 8.57. The number of hydrogen-bond acceptors (Lipinski definition) is 3. The quantitative estimate of drug-likeness (QED) is 0.456. The lowest BCUT2D eigenvalue weighted by Gasteiger charge is -2.07. The second kappa shape index (κ2) is 6.98. The van der Waals surface area contributed by atoms with Crippen molar-refractivity contribution in [1.29, 1.82) is 0 Å². The molecule has 126 valence electrons. The number of hydrogen-bond donors (Lipinski definition) is 1. The number of aromatic nitrogens is 2. The van der Waals surface area contributed by atoms with Gasteiger partial charge in [0.05, 0.1) is 11.2 Å². The predicted molar refractivity (Wildman–Crippen MR) is 107 cm³/mol. The Balaban J connectivity index is 1.88. The monoisotopic (exact) mass is 358 g/mol.